The van der Waals surface area contributed by atoms with E-state index in [-0.39, 0.29) is 11.9 Å². The van der Waals surface area contributed by atoms with Crippen molar-refractivity contribution in [3.05, 3.63) is 59.1 Å². The van der Waals surface area contributed by atoms with Crippen LogP contribution < -0.4 is 15.0 Å². The van der Waals surface area contributed by atoms with Crippen LogP contribution in [0.15, 0.2) is 48.5 Å². The van der Waals surface area contributed by atoms with Crippen LogP contribution in [-0.2, 0) is 11.3 Å². The summed E-state index contributed by atoms with van der Waals surface area (Å²) in [5.41, 5.74) is 1.87. The van der Waals surface area contributed by atoms with Gasteiger partial charge in [0.1, 0.15) is 12.3 Å². The number of carbonyl (C=O) groups excluding carboxylic acids is 1. The third-order valence-corrected chi connectivity index (χ3v) is 4.10. The first-order valence-electron chi connectivity index (χ1n) is 7.51. The minimum atomic E-state index is -0.184. The van der Waals surface area contributed by atoms with Gasteiger partial charge < -0.3 is 15.0 Å². The summed E-state index contributed by atoms with van der Waals surface area (Å²) in [4.78, 5) is 13.5. The molecule has 0 radical (unpaired) electrons. The first kappa shape index (κ1) is 17.3. The molecular formula is C18H22ClN2O2+. The Kier molecular flexibility index (Phi) is 6.02. The lowest BCUT2D eigenvalue weighted by Crippen LogP contribution is -3.12. The highest BCUT2D eigenvalue weighted by Crippen LogP contribution is 2.15. The maximum Gasteiger partial charge on any atom is 0.282 e. The molecule has 1 unspecified atom stereocenters. The molecule has 23 heavy (non-hydrogen) atoms. The smallest absolute Gasteiger partial charge is 0.282 e. The van der Waals surface area contributed by atoms with Crippen LogP contribution in [0.2, 0.25) is 5.02 Å². The minimum absolute atomic E-state index is 0.0294. The summed E-state index contributed by atoms with van der Waals surface area (Å²) in [6.45, 7) is 2.67. The molecule has 2 aromatic carbocycles. The van der Waals surface area contributed by atoms with E-state index in [4.69, 9.17) is 16.3 Å². The molecule has 0 aliphatic carbocycles. The second-order valence-electron chi connectivity index (χ2n) is 5.59. The van der Waals surface area contributed by atoms with E-state index in [1.165, 1.54) is 0 Å². The molecule has 0 heterocycles. The molecular weight excluding hydrogens is 312 g/mol. The number of hydrogen-bond donors (Lipinski definition) is 2. The lowest BCUT2D eigenvalue weighted by Gasteiger charge is -2.21. The van der Waals surface area contributed by atoms with Gasteiger partial charge in [0.15, 0.2) is 6.04 Å². The third-order valence-electron chi connectivity index (χ3n) is 3.87. The van der Waals surface area contributed by atoms with Gasteiger partial charge in [-0.2, -0.15) is 0 Å². The first-order valence-corrected chi connectivity index (χ1v) is 7.89. The molecule has 0 fully saturated rings. The van der Waals surface area contributed by atoms with Crippen LogP contribution in [0.5, 0.6) is 5.75 Å². The Morgan fingerprint density at radius 3 is 2.57 bits per heavy atom. The molecule has 5 heteroatoms. The van der Waals surface area contributed by atoms with Gasteiger partial charge in [0.2, 0.25) is 0 Å². The van der Waals surface area contributed by atoms with Gasteiger partial charge in [-0.1, -0.05) is 17.7 Å². The van der Waals surface area contributed by atoms with Gasteiger partial charge in [0, 0.05) is 16.3 Å². The van der Waals surface area contributed by atoms with Crippen LogP contribution in [0.3, 0.4) is 0 Å². The highest BCUT2D eigenvalue weighted by Gasteiger charge is 2.22. The summed E-state index contributed by atoms with van der Waals surface area (Å²) >= 11 is 5.94. The number of benzene rings is 2. The summed E-state index contributed by atoms with van der Waals surface area (Å²) in [5.74, 6) is 0.802. The van der Waals surface area contributed by atoms with E-state index in [0.717, 1.165) is 22.8 Å². The zero-order valence-electron chi connectivity index (χ0n) is 13.6. The Hall–Kier alpha value is -2.04. The van der Waals surface area contributed by atoms with Crippen molar-refractivity contribution in [2.75, 3.05) is 19.5 Å². The lowest BCUT2D eigenvalue weighted by molar-refractivity contribution is -0.907. The number of hydrogen-bond acceptors (Lipinski definition) is 2. The summed E-state index contributed by atoms with van der Waals surface area (Å²) in [7, 11) is 3.65. The fourth-order valence-corrected chi connectivity index (χ4v) is 2.45. The molecule has 2 atom stereocenters. The average Bonchev–Trinajstić information content (AvgIpc) is 2.54. The van der Waals surface area contributed by atoms with Crippen LogP contribution in [0.4, 0.5) is 5.69 Å². The Bertz CT molecular complexity index is 658. The zero-order chi connectivity index (χ0) is 16.8. The maximum absolute atomic E-state index is 12.4. The molecule has 0 aliphatic rings. The molecule has 2 rings (SSSR count). The fourth-order valence-electron chi connectivity index (χ4n) is 2.26. The Morgan fingerprint density at radius 1 is 1.26 bits per heavy atom. The number of halogens is 1. The number of ether oxygens (including phenoxy) is 1. The van der Waals surface area contributed by atoms with Gasteiger partial charge in [-0.3, -0.25) is 4.79 Å². The molecule has 4 nitrogen and oxygen atoms in total. The molecule has 0 saturated heterocycles. The lowest BCUT2D eigenvalue weighted by atomic mass is 10.1. The van der Waals surface area contributed by atoms with Crippen molar-refractivity contribution in [3.63, 3.8) is 0 Å². The van der Waals surface area contributed by atoms with Crippen molar-refractivity contribution in [2.24, 2.45) is 0 Å². The van der Waals surface area contributed by atoms with Crippen LogP contribution in [-0.4, -0.2) is 26.1 Å². The number of carbonyl (C=O) groups is 1. The molecule has 2 aromatic rings. The van der Waals surface area contributed by atoms with Crippen molar-refractivity contribution in [2.45, 2.75) is 19.5 Å². The first-order chi connectivity index (χ1) is 11.0. The second kappa shape index (κ2) is 7.99. The molecule has 0 bridgehead atoms. The van der Waals surface area contributed by atoms with Crippen molar-refractivity contribution in [1.82, 2.24) is 0 Å². The van der Waals surface area contributed by atoms with E-state index in [9.17, 15) is 4.79 Å². The molecule has 0 aromatic heterocycles. The number of methoxy groups -OCH3 is 1. The largest absolute Gasteiger partial charge is 0.497 e. The van der Waals surface area contributed by atoms with Gasteiger partial charge in [-0.05, 0) is 49.4 Å². The summed E-state index contributed by atoms with van der Waals surface area (Å²) in [5, 5.41) is 3.51. The quantitative estimate of drug-likeness (QED) is 0.852. The summed E-state index contributed by atoms with van der Waals surface area (Å²) in [6, 6.07) is 14.9. The van der Waals surface area contributed by atoms with Gasteiger partial charge in [-0.15, -0.1) is 0 Å². The summed E-state index contributed by atoms with van der Waals surface area (Å²) < 4.78 is 5.15. The number of anilines is 1. The van der Waals surface area contributed by atoms with Crippen LogP contribution >= 0.6 is 11.6 Å². The van der Waals surface area contributed by atoms with Gasteiger partial charge >= 0.3 is 0 Å². The number of quaternary nitrogens is 1. The second-order valence-corrected chi connectivity index (χ2v) is 6.03. The predicted molar refractivity (Wildman–Crippen MR) is 93.1 cm³/mol. The third kappa shape index (κ3) is 4.98. The molecule has 122 valence electrons. The SMILES string of the molecule is COc1ccc(C[NH+](C)[C@H](C)C(=O)Nc2cccc(Cl)c2)cc1. The van der Waals surface area contributed by atoms with E-state index in [1.54, 1.807) is 19.2 Å². The summed E-state index contributed by atoms with van der Waals surface area (Å²) in [6.07, 6.45) is 0. The Balaban J connectivity index is 1.95. The van der Waals surface area contributed by atoms with E-state index >= 15 is 0 Å². The van der Waals surface area contributed by atoms with E-state index in [1.807, 2.05) is 50.4 Å². The monoisotopic (exact) mass is 333 g/mol. The Morgan fingerprint density at radius 2 is 1.96 bits per heavy atom. The average molecular weight is 334 g/mol. The highest BCUT2D eigenvalue weighted by atomic mass is 35.5. The standard InChI is InChI=1S/C18H21ClN2O2/c1-13(18(22)20-16-6-4-5-15(19)11-16)21(2)12-14-7-9-17(23-3)10-8-14/h4-11,13H,12H2,1-3H3,(H,20,22)/p+1/t13-/m1/s1. The van der Waals surface area contributed by atoms with E-state index in [2.05, 4.69) is 5.32 Å². The van der Waals surface area contributed by atoms with Gasteiger partial charge in [-0.25, -0.2) is 0 Å². The van der Waals surface area contributed by atoms with Crippen molar-refractivity contribution < 1.29 is 14.4 Å². The number of likely N-dealkylation sites (N-methyl/N-ethyl adjacent to an activating group) is 1. The van der Waals surface area contributed by atoms with Crippen molar-refractivity contribution in [1.29, 1.82) is 0 Å². The van der Waals surface area contributed by atoms with Crippen LogP contribution in [0, 0.1) is 0 Å². The molecule has 0 saturated carbocycles. The molecule has 2 N–H and O–H groups in total. The number of amides is 1. The van der Waals surface area contributed by atoms with Gasteiger partial charge in [0.25, 0.3) is 5.91 Å². The van der Waals surface area contributed by atoms with E-state index < -0.39 is 0 Å². The molecule has 0 spiro atoms. The number of rotatable bonds is 6. The predicted octanol–water partition coefficient (Wildman–Crippen LogP) is 2.39. The van der Waals surface area contributed by atoms with Crippen LogP contribution in [0.1, 0.15) is 12.5 Å². The van der Waals surface area contributed by atoms with Crippen LogP contribution in [0.25, 0.3) is 0 Å². The molecule has 1 amide bonds. The minimum Gasteiger partial charge on any atom is -0.497 e. The molecule has 0 aliphatic heterocycles. The highest BCUT2D eigenvalue weighted by molar-refractivity contribution is 6.30. The normalized spacial score (nSPS) is 13.2. The van der Waals surface area contributed by atoms with Crippen molar-refractivity contribution >= 4 is 23.2 Å². The maximum atomic E-state index is 12.4. The Labute approximate surface area is 142 Å². The topological polar surface area (TPSA) is 42.8 Å². The van der Waals surface area contributed by atoms with Gasteiger partial charge in [0.05, 0.1) is 14.2 Å². The van der Waals surface area contributed by atoms with E-state index in [0.29, 0.717) is 10.7 Å². The fraction of sp³-hybridized carbons (Fsp3) is 0.278. The number of nitrogens with one attached hydrogen (secondary N) is 2. The zero-order valence-corrected chi connectivity index (χ0v) is 14.4. The van der Waals surface area contributed by atoms with Crippen molar-refractivity contribution in [3.8, 4) is 5.75 Å².